The first kappa shape index (κ1) is 18.7. The molecule has 1 aliphatic rings. The number of benzene rings is 2. The van der Waals surface area contributed by atoms with Crippen LogP contribution in [0.1, 0.15) is 17.5 Å². The molecule has 8 heteroatoms. The van der Waals surface area contributed by atoms with E-state index < -0.39 is 5.25 Å². The Morgan fingerprint density at radius 3 is 2.63 bits per heavy atom. The normalized spacial score (nSPS) is 17.9. The third-order valence-corrected chi connectivity index (χ3v) is 4.96. The smallest absolute Gasteiger partial charge is 0.247 e. The predicted molar refractivity (Wildman–Crippen MR) is 107 cm³/mol. The number of rotatable bonds is 4. The minimum Gasteiger partial charge on any atom is -0.508 e. The van der Waals surface area contributed by atoms with Gasteiger partial charge in [-0.15, -0.1) is 5.10 Å². The van der Waals surface area contributed by atoms with Crippen LogP contribution in [0.15, 0.2) is 58.7 Å². The molecule has 0 bridgehead atoms. The van der Waals surface area contributed by atoms with Gasteiger partial charge in [0.05, 0.1) is 11.9 Å². The van der Waals surface area contributed by atoms with Crippen LogP contribution in [0.5, 0.6) is 5.75 Å². The van der Waals surface area contributed by atoms with Gasteiger partial charge in [0.15, 0.2) is 5.17 Å². The average Bonchev–Trinajstić information content (AvgIpc) is 2.91. The van der Waals surface area contributed by atoms with Crippen LogP contribution in [0.25, 0.3) is 0 Å². The van der Waals surface area contributed by atoms with Crippen LogP contribution in [0.3, 0.4) is 0 Å². The molecule has 2 aromatic rings. The Morgan fingerprint density at radius 1 is 1.22 bits per heavy atom. The molecule has 1 heterocycles. The Kier molecular flexibility index (Phi) is 5.56. The zero-order chi connectivity index (χ0) is 19.4. The number of carbonyl (C=O) groups is 2. The first-order chi connectivity index (χ1) is 13.0. The number of nitrogens with two attached hydrogens (primary N) is 1. The van der Waals surface area contributed by atoms with Crippen molar-refractivity contribution in [1.82, 2.24) is 0 Å². The summed E-state index contributed by atoms with van der Waals surface area (Å²) in [6, 6.07) is 13.7. The van der Waals surface area contributed by atoms with Gasteiger partial charge in [0.2, 0.25) is 11.8 Å². The molecule has 3 N–H and O–H groups in total. The van der Waals surface area contributed by atoms with E-state index in [-0.39, 0.29) is 29.2 Å². The van der Waals surface area contributed by atoms with Gasteiger partial charge in [-0.05, 0) is 48.4 Å². The second-order valence-electron chi connectivity index (χ2n) is 5.94. The van der Waals surface area contributed by atoms with E-state index in [1.54, 1.807) is 24.3 Å². The Morgan fingerprint density at radius 2 is 1.93 bits per heavy atom. The fourth-order valence-corrected chi connectivity index (χ4v) is 3.46. The quantitative estimate of drug-likeness (QED) is 0.365. The number of hydrogen-bond donors (Lipinski definition) is 2. The summed E-state index contributed by atoms with van der Waals surface area (Å²) in [5, 5.41) is 16.5. The number of thioether (sulfide) groups is 1. The van der Waals surface area contributed by atoms with Crippen molar-refractivity contribution in [2.75, 3.05) is 4.90 Å². The molecule has 1 saturated heterocycles. The third kappa shape index (κ3) is 4.35. The number of phenolic OH excluding ortho intramolecular Hbond substituents is 1. The van der Waals surface area contributed by atoms with Gasteiger partial charge in [-0.1, -0.05) is 30.0 Å². The number of phenols is 1. The molecule has 2 aromatic carbocycles. The van der Waals surface area contributed by atoms with Crippen LogP contribution in [-0.4, -0.2) is 33.6 Å². The molecule has 2 amide bonds. The molecule has 0 radical (unpaired) electrons. The van der Waals surface area contributed by atoms with Crippen LogP contribution in [0.2, 0.25) is 0 Å². The van der Waals surface area contributed by atoms with Crippen molar-refractivity contribution in [3.05, 3.63) is 59.7 Å². The maximum Gasteiger partial charge on any atom is 0.247 e. The number of imide groups is 1. The molecular formula is C19H18N4O3S. The molecule has 0 spiro atoms. The fourth-order valence-electron chi connectivity index (χ4n) is 2.65. The van der Waals surface area contributed by atoms with E-state index in [0.29, 0.717) is 5.69 Å². The molecule has 27 heavy (non-hydrogen) atoms. The summed E-state index contributed by atoms with van der Waals surface area (Å²) in [6.07, 6.45) is 1.55. The van der Waals surface area contributed by atoms with Crippen molar-refractivity contribution in [1.29, 1.82) is 0 Å². The van der Waals surface area contributed by atoms with E-state index in [0.717, 1.165) is 22.9 Å². The van der Waals surface area contributed by atoms with Crippen molar-refractivity contribution < 1.29 is 14.7 Å². The number of hydrogen-bond acceptors (Lipinski definition) is 6. The zero-order valence-electron chi connectivity index (χ0n) is 14.6. The van der Waals surface area contributed by atoms with Gasteiger partial charge in [-0.3, -0.25) is 9.59 Å². The van der Waals surface area contributed by atoms with E-state index >= 15 is 0 Å². The monoisotopic (exact) mass is 382 g/mol. The Hall–Kier alpha value is -3.13. The van der Waals surface area contributed by atoms with Crippen molar-refractivity contribution in [3.8, 4) is 5.75 Å². The van der Waals surface area contributed by atoms with Crippen molar-refractivity contribution in [2.45, 2.75) is 18.6 Å². The highest BCUT2D eigenvalue weighted by Gasteiger charge is 2.41. The number of aromatic hydroxyl groups is 1. The highest BCUT2D eigenvalue weighted by molar-refractivity contribution is 8.14. The summed E-state index contributed by atoms with van der Waals surface area (Å²) in [5.41, 5.74) is 8.03. The second-order valence-corrected chi connectivity index (χ2v) is 7.16. The highest BCUT2D eigenvalue weighted by Crippen LogP contribution is 2.31. The zero-order valence-corrected chi connectivity index (χ0v) is 15.4. The van der Waals surface area contributed by atoms with Gasteiger partial charge in [0.1, 0.15) is 11.0 Å². The Labute approximate surface area is 160 Å². The lowest BCUT2D eigenvalue weighted by Crippen LogP contribution is -2.32. The SMILES string of the molecule is Cc1ccccc1N1C(=O)CC(SC(N)=NN=Cc2ccc(O)cc2)C1=O. The maximum absolute atomic E-state index is 12.6. The van der Waals surface area contributed by atoms with Crippen molar-refractivity contribution >= 4 is 40.6 Å². The summed E-state index contributed by atoms with van der Waals surface area (Å²) in [6.45, 7) is 1.85. The lowest BCUT2D eigenvalue weighted by Gasteiger charge is -2.16. The van der Waals surface area contributed by atoms with Crippen molar-refractivity contribution in [2.24, 2.45) is 15.9 Å². The van der Waals surface area contributed by atoms with Crippen LogP contribution >= 0.6 is 11.8 Å². The third-order valence-electron chi connectivity index (χ3n) is 3.98. The van der Waals surface area contributed by atoms with Gasteiger partial charge in [0.25, 0.3) is 0 Å². The molecule has 0 saturated carbocycles. The summed E-state index contributed by atoms with van der Waals surface area (Å²) in [5.74, 6) is -0.402. The van der Waals surface area contributed by atoms with Gasteiger partial charge >= 0.3 is 0 Å². The molecule has 7 nitrogen and oxygen atoms in total. The summed E-state index contributed by atoms with van der Waals surface area (Å²) < 4.78 is 0. The first-order valence-electron chi connectivity index (χ1n) is 8.20. The van der Waals surface area contributed by atoms with E-state index in [2.05, 4.69) is 10.2 Å². The maximum atomic E-state index is 12.6. The molecule has 3 rings (SSSR count). The van der Waals surface area contributed by atoms with Crippen LogP contribution in [-0.2, 0) is 9.59 Å². The Bertz CT molecular complexity index is 925. The summed E-state index contributed by atoms with van der Waals surface area (Å²) >= 11 is 1.02. The summed E-state index contributed by atoms with van der Waals surface area (Å²) in [4.78, 5) is 26.2. The number of anilines is 1. The lowest BCUT2D eigenvalue weighted by molar-refractivity contribution is -0.121. The minimum absolute atomic E-state index is 0.0652. The molecule has 1 aliphatic heterocycles. The number of carbonyl (C=O) groups excluding carboxylic acids is 2. The molecule has 1 fully saturated rings. The van der Waals surface area contributed by atoms with E-state index in [1.807, 2.05) is 19.1 Å². The number of para-hydroxylation sites is 1. The van der Waals surface area contributed by atoms with Gasteiger partial charge in [-0.2, -0.15) is 5.10 Å². The molecule has 1 atom stereocenters. The first-order valence-corrected chi connectivity index (χ1v) is 9.08. The molecule has 0 aliphatic carbocycles. The number of amidine groups is 1. The molecule has 0 aromatic heterocycles. The van der Waals surface area contributed by atoms with Gasteiger partial charge in [0, 0.05) is 6.42 Å². The fraction of sp³-hybridized carbons (Fsp3) is 0.158. The van der Waals surface area contributed by atoms with Gasteiger partial charge < -0.3 is 10.8 Å². The predicted octanol–water partition coefficient (Wildman–Crippen LogP) is 2.41. The van der Waals surface area contributed by atoms with E-state index in [9.17, 15) is 14.7 Å². The molecule has 1 unspecified atom stereocenters. The highest BCUT2D eigenvalue weighted by atomic mass is 32.2. The number of nitrogens with zero attached hydrogens (tertiary/aromatic N) is 3. The standard InChI is InChI=1S/C19H18N4O3S/c1-12-4-2-3-5-15(12)23-17(25)10-16(18(23)26)27-19(20)22-21-11-13-6-8-14(24)9-7-13/h2-9,11,16,24H,10H2,1H3,(H2,20,22). The summed E-state index contributed by atoms with van der Waals surface area (Å²) in [7, 11) is 0. The average molecular weight is 382 g/mol. The van der Waals surface area contributed by atoms with Crippen LogP contribution in [0, 0.1) is 6.92 Å². The second kappa shape index (κ2) is 8.05. The molecule has 138 valence electrons. The van der Waals surface area contributed by atoms with Crippen molar-refractivity contribution in [3.63, 3.8) is 0 Å². The number of aryl methyl sites for hydroxylation is 1. The minimum atomic E-state index is -0.621. The van der Waals surface area contributed by atoms with Crippen LogP contribution < -0.4 is 10.6 Å². The largest absolute Gasteiger partial charge is 0.508 e. The van der Waals surface area contributed by atoms with Gasteiger partial charge in [-0.25, -0.2) is 4.90 Å². The topological polar surface area (TPSA) is 108 Å². The lowest BCUT2D eigenvalue weighted by atomic mass is 10.2. The Balaban J connectivity index is 1.67. The van der Waals surface area contributed by atoms with Crippen LogP contribution in [0.4, 0.5) is 5.69 Å². The number of amides is 2. The molecular weight excluding hydrogens is 364 g/mol. The van der Waals surface area contributed by atoms with E-state index in [4.69, 9.17) is 5.73 Å². The van der Waals surface area contributed by atoms with E-state index in [1.165, 1.54) is 23.2 Å².